The van der Waals surface area contributed by atoms with Crippen molar-refractivity contribution in [1.82, 2.24) is 0 Å². The van der Waals surface area contributed by atoms with Gasteiger partial charge in [-0.3, -0.25) is 0 Å². The topological polar surface area (TPSA) is 79.2 Å². The highest BCUT2D eigenvalue weighted by atomic mass is 16.6. The normalized spacial score (nSPS) is 16.5. The Kier molecular flexibility index (Phi) is 8.36. The second-order valence-corrected chi connectivity index (χ2v) is 11.3. The molecule has 224 valence electrons. The van der Waals surface area contributed by atoms with E-state index in [0.29, 0.717) is 84.1 Å². The first-order valence-electron chi connectivity index (χ1n) is 15.3. The van der Waals surface area contributed by atoms with Gasteiger partial charge in [-0.25, -0.2) is 0 Å². The number of para-hydroxylation sites is 3. The number of rotatable bonds is 0. The molecule has 7 nitrogen and oxygen atoms in total. The number of nitriles is 1. The molecule has 0 radical (unpaired) electrons. The molecule has 0 atom stereocenters. The minimum Gasteiger partial charge on any atom is -0.491 e. The molecule has 7 rings (SSSR count). The molecule has 0 amide bonds. The summed E-state index contributed by atoms with van der Waals surface area (Å²) >= 11 is 0. The standard InChI is InChI=1S/C37H35NO6/c38-24-25-18-32-22-30-8-2-6-28-20-26-4-1-5-27(34(26)41-14-10-39-11-15-42-35(28)30)21-29-7-3-9-31-23-33(19-25)37(32)44-17-13-40-12-16-43-36(29)31/h1-9,18-19H,10-17,20-23H2. The van der Waals surface area contributed by atoms with Crippen molar-refractivity contribution in [3.05, 3.63) is 117 Å². The van der Waals surface area contributed by atoms with Gasteiger partial charge < -0.3 is 28.4 Å². The summed E-state index contributed by atoms with van der Waals surface area (Å²) in [6, 6.07) is 25.2. The van der Waals surface area contributed by atoms with E-state index in [2.05, 4.69) is 60.7 Å². The lowest BCUT2D eigenvalue weighted by Crippen LogP contribution is -2.17. The Morgan fingerprint density at radius 1 is 0.409 bits per heavy atom. The summed E-state index contributed by atoms with van der Waals surface area (Å²) in [5, 5.41) is 10.1. The molecule has 0 saturated carbocycles. The first-order valence-corrected chi connectivity index (χ1v) is 15.3. The van der Waals surface area contributed by atoms with E-state index in [1.54, 1.807) is 0 Å². The van der Waals surface area contributed by atoms with E-state index in [1.165, 1.54) is 0 Å². The maximum atomic E-state index is 10.1. The molecule has 2 aliphatic heterocycles. The van der Waals surface area contributed by atoms with Gasteiger partial charge in [0, 0.05) is 36.8 Å². The molecule has 0 spiro atoms. The third-order valence-electron chi connectivity index (χ3n) is 8.33. The number of ether oxygens (including phenoxy) is 6. The molecule has 0 N–H and O–H groups in total. The predicted molar refractivity (Wildman–Crippen MR) is 165 cm³/mol. The minimum atomic E-state index is 0.400. The molecule has 4 aromatic rings. The molecule has 1 aliphatic carbocycles. The van der Waals surface area contributed by atoms with Crippen LogP contribution < -0.4 is 18.9 Å². The van der Waals surface area contributed by atoms with Crippen LogP contribution in [0, 0.1) is 11.3 Å². The van der Waals surface area contributed by atoms with Crippen LogP contribution in [0.5, 0.6) is 23.0 Å². The molecule has 0 aromatic heterocycles. The Morgan fingerprint density at radius 2 is 0.705 bits per heavy atom. The Bertz CT molecular complexity index is 1700. The lowest BCUT2D eigenvalue weighted by atomic mass is 9.90. The van der Waals surface area contributed by atoms with Crippen LogP contribution in [0.4, 0.5) is 0 Å². The largest absolute Gasteiger partial charge is 0.491 e. The highest BCUT2D eigenvalue weighted by Gasteiger charge is 2.23. The second kappa shape index (κ2) is 13.0. The monoisotopic (exact) mass is 589 g/mol. The van der Waals surface area contributed by atoms with Crippen molar-refractivity contribution >= 4 is 0 Å². The molecule has 7 heteroatoms. The summed E-state index contributed by atoms with van der Waals surface area (Å²) in [6.45, 7) is 3.54. The summed E-state index contributed by atoms with van der Waals surface area (Å²) < 4.78 is 37.7. The first-order chi connectivity index (χ1) is 21.8. The zero-order chi connectivity index (χ0) is 29.7. The van der Waals surface area contributed by atoms with E-state index in [4.69, 9.17) is 28.4 Å². The van der Waals surface area contributed by atoms with Crippen LogP contribution in [0.1, 0.15) is 50.1 Å². The molecule has 12 bridgehead atoms. The second-order valence-electron chi connectivity index (χ2n) is 11.3. The van der Waals surface area contributed by atoms with E-state index in [-0.39, 0.29) is 0 Å². The van der Waals surface area contributed by atoms with Gasteiger partial charge in [-0.1, -0.05) is 54.6 Å². The van der Waals surface area contributed by atoms with Gasteiger partial charge in [-0.2, -0.15) is 5.26 Å². The van der Waals surface area contributed by atoms with E-state index >= 15 is 0 Å². The number of nitrogens with zero attached hydrogens (tertiary/aromatic N) is 1. The van der Waals surface area contributed by atoms with Crippen LogP contribution >= 0.6 is 0 Å². The highest BCUT2D eigenvalue weighted by Crippen LogP contribution is 2.39. The van der Waals surface area contributed by atoms with Crippen LogP contribution in [0.2, 0.25) is 0 Å². The minimum absolute atomic E-state index is 0.400. The van der Waals surface area contributed by atoms with Gasteiger partial charge in [0.1, 0.15) is 49.4 Å². The Balaban J connectivity index is 1.49. The van der Waals surface area contributed by atoms with Crippen molar-refractivity contribution < 1.29 is 28.4 Å². The zero-order valence-corrected chi connectivity index (χ0v) is 24.7. The smallest absolute Gasteiger partial charge is 0.126 e. The van der Waals surface area contributed by atoms with E-state index in [0.717, 1.165) is 67.5 Å². The Morgan fingerprint density at radius 3 is 1.02 bits per heavy atom. The van der Waals surface area contributed by atoms with Crippen LogP contribution in [-0.4, -0.2) is 52.9 Å². The molecule has 4 aromatic carbocycles. The van der Waals surface area contributed by atoms with Crippen LogP contribution in [-0.2, 0) is 35.2 Å². The lowest BCUT2D eigenvalue weighted by Gasteiger charge is -2.24. The fraction of sp³-hybridized carbons (Fsp3) is 0.324. The first kappa shape index (κ1) is 28.3. The van der Waals surface area contributed by atoms with E-state index in [1.807, 2.05) is 12.1 Å². The van der Waals surface area contributed by atoms with Crippen molar-refractivity contribution in [3.63, 3.8) is 0 Å². The molecule has 44 heavy (non-hydrogen) atoms. The number of hydrogen-bond acceptors (Lipinski definition) is 7. The quantitative estimate of drug-likeness (QED) is 0.226. The van der Waals surface area contributed by atoms with Crippen molar-refractivity contribution in [3.8, 4) is 29.1 Å². The molecule has 0 fully saturated rings. The third-order valence-corrected chi connectivity index (χ3v) is 8.33. The highest BCUT2D eigenvalue weighted by molar-refractivity contribution is 5.57. The van der Waals surface area contributed by atoms with Gasteiger partial charge >= 0.3 is 0 Å². The maximum Gasteiger partial charge on any atom is 0.126 e. The SMILES string of the molecule is N#Cc1cc2c3c(c1)Cc1cccc(c1OCCOCCO3)Cc1cccc3c1OCCOCCOc1c(cccc1C2)C3. The van der Waals surface area contributed by atoms with Crippen molar-refractivity contribution in [2.24, 2.45) is 0 Å². The summed E-state index contributed by atoms with van der Waals surface area (Å²) in [4.78, 5) is 0. The van der Waals surface area contributed by atoms with Crippen molar-refractivity contribution in [2.45, 2.75) is 25.7 Å². The average Bonchev–Trinajstić information content (AvgIpc) is 3.02. The molecule has 0 unspecified atom stereocenters. The lowest BCUT2D eigenvalue weighted by molar-refractivity contribution is 0.0744. The zero-order valence-electron chi connectivity index (χ0n) is 24.7. The Labute approximate surface area is 257 Å². The van der Waals surface area contributed by atoms with Gasteiger partial charge in [-0.05, 0) is 45.5 Å². The summed E-state index contributed by atoms with van der Waals surface area (Å²) in [7, 11) is 0. The molecule has 2 heterocycles. The van der Waals surface area contributed by atoms with Gasteiger partial charge in [-0.15, -0.1) is 0 Å². The summed E-state index contributed by atoms with van der Waals surface area (Å²) in [5.74, 6) is 3.35. The fourth-order valence-corrected chi connectivity index (χ4v) is 6.41. The number of hydrogen-bond donors (Lipinski definition) is 0. The van der Waals surface area contributed by atoms with Gasteiger partial charge in [0.15, 0.2) is 0 Å². The maximum absolute atomic E-state index is 10.1. The third kappa shape index (κ3) is 5.96. The van der Waals surface area contributed by atoms with E-state index < -0.39 is 0 Å². The van der Waals surface area contributed by atoms with Crippen LogP contribution in [0.3, 0.4) is 0 Å². The van der Waals surface area contributed by atoms with E-state index in [9.17, 15) is 5.26 Å². The summed E-state index contributed by atoms with van der Waals surface area (Å²) in [5.41, 5.74) is 8.86. The van der Waals surface area contributed by atoms with Gasteiger partial charge in [0.2, 0.25) is 0 Å². The molecule has 3 aliphatic rings. The molecule has 0 saturated heterocycles. The van der Waals surface area contributed by atoms with Crippen molar-refractivity contribution in [2.75, 3.05) is 52.9 Å². The van der Waals surface area contributed by atoms with Crippen LogP contribution in [0.15, 0.2) is 66.7 Å². The van der Waals surface area contributed by atoms with Crippen LogP contribution in [0.25, 0.3) is 0 Å². The van der Waals surface area contributed by atoms with Crippen molar-refractivity contribution in [1.29, 1.82) is 5.26 Å². The van der Waals surface area contributed by atoms with Gasteiger partial charge in [0.25, 0.3) is 0 Å². The Hall–Kier alpha value is -4.51. The molecular formula is C37H35NO6. The average molecular weight is 590 g/mol. The molecular weight excluding hydrogens is 554 g/mol. The number of benzene rings is 4. The fourth-order valence-electron chi connectivity index (χ4n) is 6.41. The summed E-state index contributed by atoms with van der Waals surface area (Å²) in [6.07, 6.45) is 2.38. The van der Waals surface area contributed by atoms with Gasteiger partial charge in [0.05, 0.1) is 38.1 Å². The predicted octanol–water partition coefficient (Wildman–Crippen LogP) is 5.81.